The Bertz CT molecular complexity index is 610. The lowest BCUT2D eigenvalue weighted by atomic mass is 9.77. The number of aliphatic hydroxyl groups excluding tert-OH is 1. The van der Waals surface area contributed by atoms with Crippen LogP contribution in [0.4, 0.5) is 0 Å². The van der Waals surface area contributed by atoms with Gasteiger partial charge in [-0.15, -0.1) is 11.8 Å². The first kappa shape index (κ1) is 15.1. The zero-order valence-corrected chi connectivity index (χ0v) is 14.2. The predicted molar refractivity (Wildman–Crippen MR) is 92.9 cm³/mol. The summed E-state index contributed by atoms with van der Waals surface area (Å²) >= 11 is 5.19. The van der Waals surface area contributed by atoms with Crippen LogP contribution in [-0.4, -0.2) is 10.9 Å². The van der Waals surface area contributed by atoms with Crippen molar-refractivity contribution in [3.8, 4) is 0 Å². The van der Waals surface area contributed by atoms with Gasteiger partial charge in [-0.3, -0.25) is 0 Å². The second-order valence-electron chi connectivity index (χ2n) is 5.54. The SMILES string of the molecule is OC(CSc1cccc(Br)c1)c1ccccc1C1CCC1. The van der Waals surface area contributed by atoms with Crippen molar-refractivity contribution in [2.75, 3.05) is 5.75 Å². The van der Waals surface area contributed by atoms with Crippen LogP contribution in [0.1, 0.15) is 42.4 Å². The molecular formula is C18H19BrOS. The van der Waals surface area contributed by atoms with E-state index in [2.05, 4.69) is 46.3 Å². The van der Waals surface area contributed by atoms with E-state index in [4.69, 9.17) is 0 Å². The van der Waals surface area contributed by atoms with Crippen LogP contribution in [0.3, 0.4) is 0 Å². The third-order valence-electron chi connectivity index (χ3n) is 4.10. The Kier molecular flexibility index (Phi) is 5.04. The van der Waals surface area contributed by atoms with Gasteiger partial charge < -0.3 is 5.11 Å². The normalized spacial score (nSPS) is 16.5. The van der Waals surface area contributed by atoms with Crippen LogP contribution in [0.5, 0.6) is 0 Å². The van der Waals surface area contributed by atoms with E-state index in [-0.39, 0.29) is 0 Å². The zero-order chi connectivity index (χ0) is 14.7. The summed E-state index contributed by atoms with van der Waals surface area (Å²) in [5.41, 5.74) is 2.47. The van der Waals surface area contributed by atoms with Crippen molar-refractivity contribution < 1.29 is 5.11 Å². The van der Waals surface area contributed by atoms with Crippen LogP contribution in [0, 0.1) is 0 Å². The van der Waals surface area contributed by atoms with Crippen LogP contribution in [0.25, 0.3) is 0 Å². The Morgan fingerprint density at radius 1 is 1.14 bits per heavy atom. The van der Waals surface area contributed by atoms with Crippen molar-refractivity contribution in [1.29, 1.82) is 0 Å². The Labute approximate surface area is 138 Å². The monoisotopic (exact) mass is 362 g/mol. The molecule has 0 amide bonds. The fourth-order valence-electron chi connectivity index (χ4n) is 2.73. The van der Waals surface area contributed by atoms with Crippen LogP contribution < -0.4 is 0 Å². The first-order valence-corrected chi connectivity index (χ1v) is 9.17. The smallest absolute Gasteiger partial charge is 0.0886 e. The Morgan fingerprint density at radius 2 is 1.95 bits per heavy atom. The van der Waals surface area contributed by atoms with Crippen LogP contribution in [0.15, 0.2) is 57.9 Å². The lowest BCUT2D eigenvalue weighted by molar-refractivity contribution is 0.201. The van der Waals surface area contributed by atoms with Gasteiger partial charge in [0, 0.05) is 15.1 Å². The Hall–Kier alpha value is -0.770. The summed E-state index contributed by atoms with van der Waals surface area (Å²) < 4.78 is 1.08. The molecule has 1 saturated carbocycles. The van der Waals surface area contributed by atoms with Gasteiger partial charge in [-0.05, 0) is 48.1 Å². The molecular weight excluding hydrogens is 344 g/mol. The molecule has 0 aliphatic heterocycles. The molecule has 0 aromatic heterocycles. The molecule has 3 heteroatoms. The first-order chi connectivity index (χ1) is 10.2. The van der Waals surface area contributed by atoms with Crippen molar-refractivity contribution in [3.05, 3.63) is 64.1 Å². The van der Waals surface area contributed by atoms with Gasteiger partial charge >= 0.3 is 0 Å². The first-order valence-electron chi connectivity index (χ1n) is 7.39. The standard InChI is InChI=1S/C18H19BrOS/c19-14-7-4-8-15(11-14)21-12-18(20)17-10-2-1-9-16(17)13-5-3-6-13/h1-2,4,7-11,13,18,20H,3,5-6,12H2. The van der Waals surface area contributed by atoms with Gasteiger partial charge in [0.15, 0.2) is 0 Å². The molecule has 0 bridgehead atoms. The molecule has 1 nitrogen and oxygen atoms in total. The second kappa shape index (κ2) is 6.99. The fraction of sp³-hybridized carbons (Fsp3) is 0.333. The van der Waals surface area contributed by atoms with Crippen molar-refractivity contribution in [2.24, 2.45) is 0 Å². The Morgan fingerprint density at radius 3 is 2.67 bits per heavy atom. The van der Waals surface area contributed by atoms with Gasteiger partial charge in [0.25, 0.3) is 0 Å². The van der Waals surface area contributed by atoms with E-state index < -0.39 is 6.10 Å². The van der Waals surface area contributed by atoms with Crippen molar-refractivity contribution in [3.63, 3.8) is 0 Å². The third-order valence-corrected chi connectivity index (χ3v) is 5.67. The third kappa shape index (κ3) is 3.71. The van der Waals surface area contributed by atoms with Gasteiger partial charge in [-0.25, -0.2) is 0 Å². The summed E-state index contributed by atoms with van der Waals surface area (Å²) in [5.74, 6) is 1.35. The highest BCUT2D eigenvalue weighted by Crippen LogP contribution is 2.40. The largest absolute Gasteiger partial charge is 0.388 e. The van der Waals surface area contributed by atoms with Gasteiger partial charge in [0.1, 0.15) is 0 Å². The number of hydrogen-bond donors (Lipinski definition) is 1. The summed E-state index contributed by atoms with van der Waals surface area (Å²) in [5, 5.41) is 10.6. The van der Waals surface area contributed by atoms with E-state index in [0.717, 1.165) is 10.0 Å². The van der Waals surface area contributed by atoms with Crippen LogP contribution >= 0.6 is 27.7 Å². The van der Waals surface area contributed by atoms with Gasteiger partial charge in [0.05, 0.1) is 6.10 Å². The van der Waals surface area contributed by atoms with Crippen LogP contribution in [0.2, 0.25) is 0 Å². The number of halogens is 1. The van der Waals surface area contributed by atoms with Crippen molar-refractivity contribution >= 4 is 27.7 Å². The maximum absolute atomic E-state index is 10.6. The topological polar surface area (TPSA) is 20.2 Å². The highest BCUT2D eigenvalue weighted by molar-refractivity contribution is 9.10. The quantitative estimate of drug-likeness (QED) is 0.704. The Balaban J connectivity index is 1.69. The molecule has 1 aliphatic rings. The summed E-state index contributed by atoms with van der Waals surface area (Å²) in [6, 6.07) is 16.6. The van der Waals surface area contributed by atoms with E-state index in [1.807, 2.05) is 18.2 Å². The average molecular weight is 363 g/mol. The number of aliphatic hydroxyl groups is 1. The molecule has 1 atom stereocenters. The molecule has 3 rings (SSSR count). The minimum atomic E-state index is -0.397. The van der Waals surface area contributed by atoms with Crippen molar-refractivity contribution in [1.82, 2.24) is 0 Å². The van der Waals surface area contributed by atoms with Gasteiger partial charge in [-0.2, -0.15) is 0 Å². The second-order valence-corrected chi connectivity index (χ2v) is 7.55. The summed E-state index contributed by atoms with van der Waals surface area (Å²) in [6.07, 6.45) is 3.46. The minimum absolute atomic E-state index is 0.397. The molecule has 1 fully saturated rings. The zero-order valence-electron chi connectivity index (χ0n) is 11.8. The van der Waals surface area contributed by atoms with Crippen molar-refractivity contribution in [2.45, 2.75) is 36.2 Å². The molecule has 1 aliphatic carbocycles. The van der Waals surface area contributed by atoms with E-state index >= 15 is 0 Å². The molecule has 2 aromatic carbocycles. The summed E-state index contributed by atoms with van der Waals surface area (Å²) in [6.45, 7) is 0. The fourth-order valence-corrected chi connectivity index (χ4v) is 4.19. The molecule has 21 heavy (non-hydrogen) atoms. The molecule has 1 unspecified atom stereocenters. The summed E-state index contributed by atoms with van der Waals surface area (Å²) in [7, 11) is 0. The number of hydrogen-bond acceptors (Lipinski definition) is 2. The van der Waals surface area contributed by atoms with Gasteiger partial charge in [0.2, 0.25) is 0 Å². The lowest BCUT2D eigenvalue weighted by Crippen LogP contribution is -2.13. The molecule has 0 saturated heterocycles. The number of thioether (sulfide) groups is 1. The molecule has 0 heterocycles. The molecule has 0 radical (unpaired) electrons. The van der Waals surface area contributed by atoms with Gasteiger partial charge in [-0.1, -0.05) is 52.7 Å². The maximum atomic E-state index is 10.6. The van der Waals surface area contributed by atoms with E-state index in [9.17, 15) is 5.11 Å². The van der Waals surface area contributed by atoms with E-state index in [1.54, 1.807) is 11.8 Å². The maximum Gasteiger partial charge on any atom is 0.0886 e. The minimum Gasteiger partial charge on any atom is -0.388 e. The molecule has 0 spiro atoms. The predicted octanol–water partition coefficient (Wildman–Crippen LogP) is 5.54. The molecule has 2 aromatic rings. The molecule has 1 N–H and O–H groups in total. The highest BCUT2D eigenvalue weighted by Gasteiger charge is 2.24. The highest BCUT2D eigenvalue weighted by atomic mass is 79.9. The van der Waals surface area contributed by atoms with Crippen LogP contribution in [-0.2, 0) is 0 Å². The average Bonchev–Trinajstić information content (AvgIpc) is 2.44. The number of rotatable bonds is 5. The van der Waals surface area contributed by atoms with E-state index in [0.29, 0.717) is 11.7 Å². The number of benzene rings is 2. The molecule has 110 valence electrons. The summed E-state index contributed by atoms with van der Waals surface area (Å²) in [4.78, 5) is 1.18. The lowest BCUT2D eigenvalue weighted by Gasteiger charge is -2.29. The van der Waals surface area contributed by atoms with E-state index in [1.165, 1.54) is 29.7 Å².